The normalized spacial score (nSPS) is 11.7. The standard InChI is InChI=1S/C19H16ClN2O2S.Y/c1-11(25)14-3-2-4-15-17(14)21-10-16(18(15)23)19(24)22-9-12-5-7-13(20)8-6-12;/h3-8,10-11,25H,9H2,1H3,(H,21,23)(H,22,24);/q-1;. The van der Waals surface area contributed by atoms with Gasteiger partial charge in [-0.25, -0.2) is 0 Å². The van der Waals surface area contributed by atoms with Gasteiger partial charge in [0.1, 0.15) is 5.43 Å². The molecule has 1 heterocycles. The molecule has 26 heavy (non-hydrogen) atoms. The van der Waals surface area contributed by atoms with Gasteiger partial charge in [-0.15, -0.1) is 5.56 Å². The fourth-order valence-electron chi connectivity index (χ4n) is 2.59. The fraction of sp³-hybridized carbons (Fsp3) is 0.158. The summed E-state index contributed by atoms with van der Waals surface area (Å²) in [6.45, 7) is 2.23. The molecule has 0 aliphatic heterocycles. The first-order valence-electron chi connectivity index (χ1n) is 7.73. The number of hydrogen-bond acceptors (Lipinski definition) is 3. The van der Waals surface area contributed by atoms with Crippen molar-refractivity contribution in [3.63, 3.8) is 0 Å². The van der Waals surface area contributed by atoms with Crippen LogP contribution >= 0.6 is 24.2 Å². The van der Waals surface area contributed by atoms with Crippen molar-refractivity contribution < 1.29 is 37.5 Å². The molecule has 0 saturated carbocycles. The van der Waals surface area contributed by atoms with Gasteiger partial charge in [-0.1, -0.05) is 41.6 Å². The molecule has 0 bridgehead atoms. The first-order valence-corrected chi connectivity index (χ1v) is 8.63. The number of hydrogen-bond donors (Lipinski definition) is 3. The summed E-state index contributed by atoms with van der Waals surface area (Å²) in [6.07, 6.45) is 1.45. The summed E-state index contributed by atoms with van der Waals surface area (Å²) in [5.74, 6) is -0.428. The van der Waals surface area contributed by atoms with Gasteiger partial charge in [0.25, 0.3) is 5.91 Å². The second-order valence-corrected chi connectivity index (χ2v) is 6.93. The Kier molecular flexibility index (Phi) is 7.47. The number of halogens is 1. The molecule has 131 valence electrons. The SMILES string of the molecule is CC(S)c1c[c-]cc2c(=O)c(C(=O)NCc3ccc(Cl)cc3)c[nH]c12.[Y]. The molecule has 3 rings (SSSR count). The van der Waals surface area contributed by atoms with Gasteiger partial charge in [0.15, 0.2) is 0 Å². The summed E-state index contributed by atoms with van der Waals surface area (Å²) in [4.78, 5) is 28.1. The Bertz CT molecular complexity index is 987. The number of thiol groups is 1. The summed E-state index contributed by atoms with van der Waals surface area (Å²) in [7, 11) is 0. The summed E-state index contributed by atoms with van der Waals surface area (Å²) in [5, 5.41) is 3.75. The van der Waals surface area contributed by atoms with E-state index in [2.05, 4.69) is 29.0 Å². The molecule has 0 aliphatic rings. The molecular formula is C19H16ClN2O2SY-. The third-order valence-corrected chi connectivity index (χ3v) is 4.47. The second-order valence-electron chi connectivity index (χ2n) is 5.72. The van der Waals surface area contributed by atoms with Crippen molar-refractivity contribution in [3.8, 4) is 0 Å². The van der Waals surface area contributed by atoms with Crippen molar-refractivity contribution >= 4 is 41.0 Å². The van der Waals surface area contributed by atoms with Crippen LogP contribution in [0.5, 0.6) is 0 Å². The van der Waals surface area contributed by atoms with Crippen molar-refractivity contribution in [2.45, 2.75) is 18.7 Å². The number of nitrogens with one attached hydrogen (secondary N) is 2. The van der Waals surface area contributed by atoms with Gasteiger partial charge < -0.3 is 15.1 Å². The topological polar surface area (TPSA) is 62.0 Å². The molecule has 0 saturated heterocycles. The number of carbonyl (C=O) groups excluding carboxylic acids is 1. The van der Waals surface area contributed by atoms with Crippen LogP contribution in [0, 0.1) is 6.07 Å². The first kappa shape index (κ1) is 21.2. The van der Waals surface area contributed by atoms with Crippen LogP contribution in [0.2, 0.25) is 5.02 Å². The Morgan fingerprint density at radius 3 is 2.65 bits per heavy atom. The quantitative estimate of drug-likeness (QED) is 0.408. The molecule has 1 radical (unpaired) electrons. The predicted octanol–water partition coefficient (Wildman–Crippen LogP) is 3.90. The van der Waals surface area contributed by atoms with E-state index in [0.717, 1.165) is 11.1 Å². The number of aromatic amines is 1. The number of carbonyl (C=O) groups is 1. The Hall–Kier alpha value is -1.14. The van der Waals surface area contributed by atoms with Gasteiger partial charge >= 0.3 is 0 Å². The van der Waals surface area contributed by atoms with E-state index in [9.17, 15) is 9.59 Å². The Morgan fingerprint density at radius 2 is 2.00 bits per heavy atom. The molecule has 1 unspecified atom stereocenters. The summed E-state index contributed by atoms with van der Waals surface area (Å²) in [6, 6.07) is 13.5. The summed E-state index contributed by atoms with van der Waals surface area (Å²) < 4.78 is 0. The van der Waals surface area contributed by atoms with Crippen LogP contribution in [0.3, 0.4) is 0 Å². The Morgan fingerprint density at radius 1 is 1.31 bits per heavy atom. The van der Waals surface area contributed by atoms with E-state index >= 15 is 0 Å². The van der Waals surface area contributed by atoms with Crippen LogP contribution in [0.1, 0.15) is 33.7 Å². The Balaban J connectivity index is 0.00000243. The van der Waals surface area contributed by atoms with Gasteiger partial charge in [0, 0.05) is 50.5 Å². The molecule has 3 aromatic rings. The molecule has 1 aromatic heterocycles. The minimum absolute atomic E-state index is 0. The largest absolute Gasteiger partial charge is 0.382 e. The number of rotatable bonds is 4. The van der Waals surface area contributed by atoms with Gasteiger partial charge in [-0.05, 0) is 22.9 Å². The molecule has 2 N–H and O–H groups in total. The van der Waals surface area contributed by atoms with Gasteiger partial charge in [-0.3, -0.25) is 4.79 Å². The smallest absolute Gasteiger partial charge is 0.255 e. The number of fused-ring (bicyclic) bond motifs is 1. The third kappa shape index (κ3) is 4.58. The molecule has 0 aliphatic carbocycles. The number of pyridine rings is 1. The van der Waals surface area contributed by atoms with Crippen molar-refractivity contribution in [2.24, 2.45) is 0 Å². The molecule has 7 heteroatoms. The van der Waals surface area contributed by atoms with E-state index in [0.29, 0.717) is 22.5 Å². The van der Waals surface area contributed by atoms with E-state index in [4.69, 9.17) is 11.6 Å². The maximum Gasteiger partial charge on any atom is 0.255 e. The van der Waals surface area contributed by atoms with E-state index in [-0.39, 0.29) is 49.0 Å². The first-order chi connectivity index (χ1) is 12.0. The zero-order valence-electron chi connectivity index (χ0n) is 14.0. The average Bonchev–Trinajstić information content (AvgIpc) is 2.61. The van der Waals surface area contributed by atoms with Gasteiger partial charge in [0.05, 0.1) is 5.56 Å². The molecule has 4 nitrogen and oxygen atoms in total. The molecule has 1 amide bonds. The van der Waals surface area contributed by atoms with Crippen LogP contribution in [0.25, 0.3) is 10.9 Å². The fourth-order valence-corrected chi connectivity index (χ4v) is 2.92. The average molecular weight is 461 g/mol. The predicted molar refractivity (Wildman–Crippen MR) is 103 cm³/mol. The number of H-pyrrole nitrogens is 1. The minimum atomic E-state index is -0.428. The van der Waals surface area contributed by atoms with E-state index in [1.807, 2.05) is 19.1 Å². The molecule has 1 atom stereocenters. The molecule has 2 aromatic carbocycles. The van der Waals surface area contributed by atoms with Crippen LogP contribution in [0.15, 0.2) is 47.4 Å². The van der Waals surface area contributed by atoms with Crippen LogP contribution in [0.4, 0.5) is 0 Å². The molecule has 0 spiro atoms. The minimum Gasteiger partial charge on any atom is -0.382 e. The zero-order valence-corrected chi connectivity index (χ0v) is 18.5. The summed E-state index contributed by atoms with van der Waals surface area (Å²) in [5.41, 5.74) is 2.19. The maximum absolute atomic E-state index is 12.7. The summed E-state index contributed by atoms with van der Waals surface area (Å²) >= 11 is 10.3. The third-order valence-electron chi connectivity index (χ3n) is 3.94. The van der Waals surface area contributed by atoms with Crippen LogP contribution < -0.4 is 10.7 Å². The molecule has 0 fully saturated rings. The maximum atomic E-state index is 12.7. The number of aromatic nitrogens is 1. The van der Waals surface area contributed by atoms with Crippen molar-refractivity contribution in [3.05, 3.63) is 80.6 Å². The van der Waals surface area contributed by atoms with Gasteiger partial charge in [0.2, 0.25) is 0 Å². The molecular weight excluding hydrogens is 445 g/mol. The van der Waals surface area contributed by atoms with Crippen LogP contribution in [-0.4, -0.2) is 10.9 Å². The Labute approximate surface area is 187 Å². The number of amides is 1. The zero-order chi connectivity index (χ0) is 18.0. The van der Waals surface area contributed by atoms with E-state index < -0.39 is 5.91 Å². The second kappa shape index (κ2) is 9.18. The van der Waals surface area contributed by atoms with E-state index in [1.54, 1.807) is 24.3 Å². The van der Waals surface area contributed by atoms with Crippen molar-refractivity contribution in [1.29, 1.82) is 0 Å². The monoisotopic (exact) mass is 460 g/mol. The van der Waals surface area contributed by atoms with E-state index in [1.165, 1.54) is 6.20 Å². The van der Waals surface area contributed by atoms with Crippen LogP contribution in [-0.2, 0) is 39.3 Å². The van der Waals surface area contributed by atoms with Gasteiger partial charge in [-0.2, -0.15) is 30.8 Å². The number of benzene rings is 2. The van der Waals surface area contributed by atoms with Crippen molar-refractivity contribution in [2.75, 3.05) is 0 Å². The van der Waals surface area contributed by atoms with Crippen molar-refractivity contribution in [1.82, 2.24) is 10.3 Å².